The smallest absolute Gasteiger partial charge is 0.228 e. The SMILES string of the molecule is O=C(Nc1c(-c2ccc(F)cc2)nc2sccn12)C1CC1. The van der Waals surface area contributed by atoms with Crippen LogP contribution in [0.5, 0.6) is 0 Å². The van der Waals surface area contributed by atoms with Crippen molar-refractivity contribution in [3.05, 3.63) is 41.7 Å². The van der Waals surface area contributed by atoms with Crippen molar-refractivity contribution in [2.45, 2.75) is 12.8 Å². The standard InChI is InChI=1S/C15H12FN3OS/c16-11-5-3-9(4-6-11)12-13(18-14(20)10-1-2-10)19-7-8-21-15(19)17-12/h3-8,10H,1-2H2,(H,18,20). The summed E-state index contributed by atoms with van der Waals surface area (Å²) in [5.41, 5.74) is 1.47. The first-order valence-corrected chi connectivity index (χ1v) is 7.63. The predicted octanol–water partition coefficient (Wildman–Crippen LogP) is 3.55. The molecule has 0 saturated heterocycles. The number of anilines is 1. The van der Waals surface area contributed by atoms with E-state index in [9.17, 15) is 9.18 Å². The highest BCUT2D eigenvalue weighted by atomic mass is 32.1. The molecule has 21 heavy (non-hydrogen) atoms. The zero-order valence-electron chi connectivity index (χ0n) is 11.0. The van der Waals surface area contributed by atoms with E-state index >= 15 is 0 Å². The van der Waals surface area contributed by atoms with Crippen LogP contribution in [-0.2, 0) is 4.79 Å². The molecule has 6 heteroatoms. The van der Waals surface area contributed by atoms with Gasteiger partial charge in [0.15, 0.2) is 4.96 Å². The summed E-state index contributed by atoms with van der Waals surface area (Å²) in [6, 6.07) is 6.15. The first kappa shape index (κ1) is 12.5. The second-order valence-corrected chi connectivity index (χ2v) is 6.01. The van der Waals surface area contributed by atoms with E-state index < -0.39 is 0 Å². The van der Waals surface area contributed by atoms with Gasteiger partial charge in [0.1, 0.15) is 17.3 Å². The highest BCUT2D eigenvalue weighted by Gasteiger charge is 2.31. The van der Waals surface area contributed by atoms with Crippen molar-refractivity contribution < 1.29 is 9.18 Å². The molecule has 2 aromatic heterocycles. The number of thiazole rings is 1. The number of hydrogen-bond acceptors (Lipinski definition) is 3. The monoisotopic (exact) mass is 301 g/mol. The lowest BCUT2D eigenvalue weighted by Crippen LogP contribution is -2.15. The van der Waals surface area contributed by atoms with Gasteiger partial charge in [-0.15, -0.1) is 11.3 Å². The molecule has 1 aromatic carbocycles. The molecule has 106 valence electrons. The van der Waals surface area contributed by atoms with Crippen LogP contribution in [0.15, 0.2) is 35.8 Å². The van der Waals surface area contributed by atoms with E-state index in [2.05, 4.69) is 10.3 Å². The van der Waals surface area contributed by atoms with Gasteiger partial charge in [-0.1, -0.05) is 0 Å². The number of amides is 1. The van der Waals surface area contributed by atoms with Crippen LogP contribution in [0, 0.1) is 11.7 Å². The van der Waals surface area contributed by atoms with Gasteiger partial charge < -0.3 is 5.32 Å². The van der Waals surface area contributed by atoms with Crippen molar-refractivity contribution in [2.75, 3.05) is 5.32 Å². The predicted molar refractivity (Wildman–Crippen MR) is 79.8 cm³/mol. The van der Waals surface area contributed by atoms with Crippen LogP contribution in [0.25, 0.3) is 16.2 Å². The minimum atomic E-state index is -0.289. The summed E-state index contributed by atoms with van der Waals surface area (Å²) in [5.74, 6) is 0.528. The van der Waals surface area contributed by atoms with Gasteiger partial charge in [-0.3, -0.25) is 9.20 Å². The minimum absolute atomic E-state index is 0.0337. The van der Waals surface area contributed by atoms with Crippen LogP contribution in [0.1, 0.15) is 12.8 Å². The van der Waals surface area contributed by atoms with E-state index in [1.54, 1.807) is 12.1 Å². The molecule has 1 aliphatic rings. The Morgan fingerprint density at radius 1 is 1.33 bits per heavy atom. The van der Waals surface area contributed by atoms with Crippen molar-refractivity contribution in [2.24, 2.45) is 5.92 Å². The number of carbonyl (C=O) groups excluding carboxylic acids is 1. The fourth-order valence-corrected chi connectivity index (χ4v) is 2.99. The van der Waals surface area contributed by atoms with Gasteiger partial charge in [0, 0.05) is 23.1 Å². The van der Waals surface area contributed by atoms with Crippen molar-refractivity contribution in [1.29, 1.82) is 0 Å². The second kappa shape index (κ2) is 4.66. The number of nitrogens with one attached hydrogen (secondary N) is 1. The summed E-state index contributed by atoms with van der Waals surface area (Å²) >= 11 is 1.50. The van der Waals surface area contributed by atoms with Gasteiger partial charge in [0.2, 0.25) is 5.91 Å². The van der Waals surface area contributed by atoms with Gasteiger partial charge in [0.25, 0.3) is 0 Å². The van der Waals surface area contributed by atoms with Crippen LogP contribution in [0.2, 0.25) is 0 Å². The Labute approximate surface area is 124 Å². The molecule has 0 spiro atoms. The van der Waals surface area contributed by atoms with Crippen molar-refractivity contribution in [3.8, 4) is 11.3 Å². The van der Waals surface area contributed by atoms with Gasteiger partial charge in [-0.2, -0.15) is 0 Å². The fraction of sp³-hybridized carbons (Fsp3) is 0.200. The average molecular weight is 301 g/mol. The van der Waals surface area contributed by atoms with Crippen molar-refractivity contribution in [3.63, 3.8) is 0 Å². The molecule has 0 aliphatic heterocycles. The summed E-state index contributed by atoms with van der Waals surface area (Å²) in [6.45, 7) is 0. The maximum absolute atomic E-state index is 13.1. The van der Waals surface area contributed by atoms with Gasteiger partial charge in [-0.25, -0.2) is 9.37 Å². The van der Waals surface area contributed by atoms with Gasteiger partial charge in [0.05, 0.1) is 0 Å². The lowest BCUT2D eigenvalue weighted by Gasteiger charge is -2.06. The van der Waals surface area contributed by atoms with Gasteiger partial charge in [-0.05, 0) is 37.1 Å². The third-order valence-electron chi connectivity index (χ3n) is 3.57. The summed E-state index contributed by atoms with van der Waals surface area (Å²) < 4.78 is 14.9. The second-order valence-electron chi connectivity index (χ2n) is 5.14. The number of carbonyl (C=O) groups is 1. The van der Waals surface area contributed by atoms with Crippen molar-refractivity contribution >= 4 is 28.0 Å². The number of halogens is 1. The molecule has 1 saturated carbocycles. The number of nitrogens with zero attached hydrogens (tertiary/aromatic N) is 2. The molecule has 4 nitrogen and oxygen atoms in total. The van der Waals surface area contributed by atoms with Gasteiger partial charge >= 0.3 is 0 Å². The Bertz CT molecular complexity index is 817. The van der Waals surface area contributed by atoms with E-state index in [1.807, 2.05) is 16.0 Å². The van der Waals surface area contributed by atoms with Crippen LogP contribution < -0.4 is 5.32 Å². The minimum Gasteiger partial charge on any atom is -0.310 e. The third-order valence-corrected chi connectivity index (χ3v) is 4.33. The highest BCUT2D eigenvalue weighted by molar-refractivity contribution is 7.15. The zero-order valence-corrected chi connectivity index (χ0v) is 11.9. The molecule has 1 N–H and O–H groups in total. The Hall–Kier alpha value is -2.21. The average Bonchev–Trinajstić information content (AvgIpc) is 3.14. The largest absolute Gasteiger partial charge is 0.310 e. The van der Waals surface area contributed by atoms with E-state index in [-0.39, 0.29) is 17.6 Å². The van der Waals surface area contributed by atoms with Crippen LogP contribution in [-0.4, -0.2) is 15.3 Å². The third kappa shape index (κ3) is 2.21. The summed E-state index contributed by atoms with van der Waals surface area (Å²) in [5, 5.41) is 4.89. The maximum Gasteiger partial charge on any atom is 0.228 e. The Kier molecular flexibility index (Phi) is 2.78. The van der Waals surface area contributed by atoms with Crippen LogP contribution in [0.3, 0.4) is 0 Å². The van der Waals surface area contributed by atoms with E-state index in [4.69, 9.17) is 0 Å². The number of aromatic nitrogens is 2. The van der Waals surface area contributed by atoms with E-state index in [0.29, 0.717) is 11.5 Å². The number of rotatable bonds is 3. The molecule has 1 amide bonds. The molecule has 1 fully saturated rings. The Balaban J connectivity index is 1.81. The lowest BCUT2D eigenvalue weighted by molar-refractivity contribution is -0.117. The van der Waals surface area contributed by atoms with E-state index in [1.165, 1.54) is 23.5 Å². The highest BCUT2D eigenvalue weighted by Crippen LogP contribution is 2.34. The Morgan fingerprint density at radius 3 is 2.81 bits per heavy atom. The molecular weight excluding hydrogens is 289 g/mol. The number of benzene rings is 1. The van der Waals surface area contributed by atoms with Crippen LogP contribution in [0.4, 0.5) is 10.2 Å². The summed E-state index contributed by atoms with van der Waals surface area (Å²) in [6.07, 6.45) is 3.77. The topological polar surface area (TPSA) is 46.4 Å². The summed E-state index contributed by atoms with van der Waals surface area (Å²) in [4.78, 5) is 17.4. The zero-order chi connectivity index (χ0) is 14.4. The summed E-state index contributed by atoms with van der Waals surface area (Å²) in [7, 11) is 0. The van der Waals surface area contributed by atoms with Crippen LogP contribution >= 0.6 is 11.3 Å². The molecule has 2 heterocycles. The molecular formula is C15H12FN3OS. The van der Waals surface area contributed by atoms with Crippen molar-refractivity contribution in [1.82, 2.24) is 9.38 Å². The first-order valence-electron chi connectivity index (χ1n) is 6.75. The molecule has 4 rings (SSSR count). The quantitative estimate of drug-likeness (QED) is 0.804. The molecule has 0 radical (unpaired) electrons. The molecule has 3 aromatic rings. The molecule has 0 bridgehead atoms. The first-order chi connectivity index (χ1) is 10.2. The molecule has 1 aliphatic carbocycles. The van der Waals surface area contributed by atoms with E-state index in [0.717, 1.165) is 23.4 Å². The fourth-order valence-electron chi connectivity index (χ4n) is 2.28. The number of fused-ring (bicyclic) bond motifs is 1. The normalized spacial score (nSPS) is 14.5. The Morgan fingerprint density at radius 2 is 2.10 bits per heavy atom. The lowest BCUT2D eigenvalue weighted by atomic mass is 10.1. The number of imidazole rings is 1. The molecule has 0 unspecified atom stereocenters. The molecule has 0 atom stereocenters. The number of hydrogen-bond donors (Lipinski definition) is 1. The maximum atomic E-state index is 13.1.